The maximum absolute atomic E-state index is 11.4. The number of aromatic hydroxyl groups is 2. The summed E-state index contributed by atoms with van der Waals surface area (Å²) in [6.07, 6.45) is 4.80. The first-order chi connectivity index (χ1) is 8.50. The maximum atomic E-state index is 11.4. The average Bonchev–Trinajstić information content (AvgIpc) is 2.98. The summed E-state index contributed by atoms with van der Waals surface area (Å²) in [5, 5.41) is 29.0. The molecule has 1 aromatic rings. The minimum absolute atomic E-state index is 0.0373. The van der Waals surface area contributed by atoms with Crippen LogP contribution in [0.3, 0.4) is 0 Å². The summed E-state index contributed by atoms with van der Waals surface area (Å²) < 4.78 is 1.27. The van der Waals surface area contributed by atoms with Gasteiger partial charge in [-0.05, 0) is 18.3 Å². The molecule has 0 aromatic carbocycles. The first-order valence-corrected chi connectivity index (χ1v) is 5.99. The molecule has 0 radical (unpaired) electrons. The smallest absolute Gasteiger partial charge is 0.307 e. The molecule has 5 nitrogen and oxygen atoms in total. The van der Waals surface area contributed by atoms with E-state index < -0.39 is 11.9 Å². The van der Waals surface area contributed by atoms with Gasteiger partial charge in [-0.25, -0.2) is 0 Å². The van der Waals surface area contributed by atoms with Gasteiger partial charge in [0.05, 0.1) is 5.92 Å². The second-order valence-electron chi connectivity index (χ2n) is 5.18. The fraction of sp³-hybridized carbons (Fsp3) is 0.462. The highest BCUT2D eigenvalue weighted by molar-refractivity contribution is 5.74. The molecule has 3 rings (SSSR count). The molecular formula is C13H15NO4. The number of carbonyl (C=O) groups is 1. The van der Waals surface area contributed by atoms with Crippen molar-refractivity contribution in [2.45, 2.75) is 12.3 Å². The van der Waals surface area contributed by atoms with Crippen LogP contribution >= 0.6 is 0 Å². The lowest BCUT2D eigenvalue weighted by Crippen LogP contribution is -2.25. The SMILES string of the molecule is Cn1c(O)cc([C@@H]2[C@@H](C(=O)O)[C@@H]3C=C[C@@H]2C3)c1O. The summed E-state index contributed by atoms with van der Waals surface area (Å²) >= 11 is 0. The summed E-state index contributed by atoms with van der Waals surface area (Å²) in [5.41, 5.74) is 0.541. The molecule has 5 heteroatoms. The van der Waals surface area contributed by atoms with Crippen molar-refractivity contribution in [1.82, 2.24) is 4.57 Å². The Hall–Kier alpha value is -1.91. The topological polar surface area (TPSA) is 82.7 Å². The van der Waals surface area contributed by atoms with E-state index in [0.717, 1.165) is 6.42 Å². The zero-order chi connectivity index (χ0) is 13.0. The quantitative estimate of drug-likeness (QED) is 0.692. The van der Waals surface area contributed by atoms with Gasteiger partial charge in [-0.1, -0.05) is 12.2 Å². The van der Waals surface area contributed by atoms with Gasteiger partial charge in [0.15, 0.2) is 11.8 Å². The molecule has 1 heterocycles. The second-order valence-corrected chi connectivity index (χ2v) is 5.18. The minimum Gasteiger partial charge on any atom is -0.494 e. The van der Waals surface area contributed by atoms with Gasteiger partial charge >= 0.3 is 5.97 Å². The molecule has 2 aliphatic rings. The summed E-state index contributed by atoms with van der Waals surface area (Å²) in [7, 11) is 1.55. The van der Waals surface area contributed by atoms with Gasteiger partial charge in [-0.15, -0.1) is 0 Å². The Morgan fingerprint density at radius 2 is 2.00 bits per heavy atom. The van der Waals surface area contributed by atoms with E-state index in [9.17, 15) is 20.1 Å². The Bertz CT molecular complexity index is 545. The zero-order valence-corrected chi connectivity index (χ0v) is 9.95. The largest absolute Gasteiger partial charge is 0.494 e. The molecule has 1 fully saturated rings. The Morgan fingerprint density at radius 3 is 2.56 bits per heavy atom. The van der Waals surface area contributed by atoms with Crippen molar-refractivity contribution in [1.29, 1.82) is 0 Å². The number of carboxylic acids is 1. The van der Waals surface area contributed by atoms with Crippen molar-refractivity contribution in [2.24, 2.45) is 24.8 Å². The van der Waals surface area contributed by atoms with Crippen LogP contribution < -0.4 is 0 Å². The molecule has 3 N–H and O–H groups in total. The monoisotopic (exact) mass is 249 g/mol. The minimum atomic E-state index is -0.834. The Labute approximate surface area is 104 Å². The third kappa shape index (κ3) is 1.30. The standard InChI is InChI=1S/C13H15NO4/c1-14-9(15)5-8(12(14)16)10-6-2-3-7(4-6)11(10)13(17)18/h2-3,5-7,10-11,15-16H,4H2,1H3,(H,17,18)/t6-,7-,10-,11+/m1/s1. The van der Waals surface area contributed by atoms with Crippen LogP contribution in [0.1, 0.15) is 17.9 Å². The van der Waals surface area contributed by atoms with Crippen LogP contribution in [-0.4, -0.2) is 25.9 Å². The lowest BCUT2D eigenvalue weighted by Gasteiger charge is -2.24. The number of hydrogen-bond acceptors (Lipinski definition) is 3. The lowest BCUT2D eigenvalue weighted by molar-refractivity contribution is -0.143. The molecule has 0 saturated heterocycles. The van der Waals surface area contributed by atoms with Crippen molar-refractivity contribution in [3.05, 3.63) is 23.8 Å². The number of rotatable bonds is 2. The van der Waals surface area contributed by atoms with Gasteiger partial charge in [0.25, 0.3) is 0 Å². The first kappa shape index (κ1) is 11.2. The van der Waals surface area contributed by atoms with Gasteiger partial charge in [-0.3, -0.25) is 9.36 Å². The highest BCUT2D eigenvalue weighted by Crippen LogP contribution is 2.55. The molecule has 2 aliphatic carbocycles. The number of aliphatic carboxylic acids is 1. The van der Waals surface area contributed by atoms with Gasteiger partial charge < -0.3 is 15.3 Å². The normalized spacial score (nSPS) is 33.2. The van der Waals surface area contributed by atoms with Gasteiger partial charge in [-0.2, -0.15) is 0 Å². The van der Waals surface area contributed by atoms with Gasteiger partial charge in [0.2, 0.25) is 0 Å². The van der Waals surface area contributed by atoms with E-state index in [-0.39, 0.29) is 29.5 Å². The van der Waals surface area contributed by atoms with E-state index in [1.165, 1.54) is 10.6 Å². The van der Waals surface area contributed by atoms with E-state index in [4.69, 9.17) is 0 Å². The Kier molecular flexibility index (Phi) is 2.20. The van der Waals surface area contributed by atoms with E-state index in [1.54, 1.807) is 7.05 Å². The summed E-state index contributed by atoms with van der Waals surface area (Å²) in [4.78, 5) is 11.4. The lowest BCUT2D eigenvalue weighted by atomic mass is 9.79. The van der Waals surface area contributed by atoms with E-state index in [0.29, 0.717) is 5.56 Å². The zero-order valence-electron chi connectivity index (χ0n) is 9.95. The molecule has 0 unspecified atom stereocenters. The molecule has 2 bridgehead atoms. The number of aromatic nitrogens is 1. The van der Waals surface area contributed by atoms with Crippen LogP contribution in [0.25, 0.3) is 0 Å². The van der Waals surface area contributed by atoms with Crippen LogP contribution in [0.2, 0.25) is 0 Å². The number of allylic oxidation sites excluding steroid dienone is 2. The summed E-state index contributed by atoms with van der Waals surface area (Å²) in [6.45, 7) is 0. The molecule has 96 valence electrons. The van der Waals surface area contributed by atoms with E-state index >= 15 is 0 Å². The molecule has 0 aliphatic heterocycles. The van der Waals surface area contributed by atoms with Gasteiger partial charge in [0.1, 0.15) is 0 Å². The molecular weight excluding hydrogens is 234 g/mol. The second kappa shape index (κ2) is 3.54. The maximum Gasteiger partial charge on any atom is 0.307 e. The predicted octanol–water partition coefficient (Wildman–Crippen LogP) is 1.43. The molecule has 0 amide bonds. The van der Waals surface area contributed by atoms with Crippen LogP contribution in [-0.2, 0) is 11.8 Å². The average molecular weight is 249 g/mol. The Balaban J connectivity index is 2.07. The Morgan fingerprint density at radius 1 is 1.33 bits per heavy atom. The van der Waals surface area contributed by atoms with Crippen molar-refractivity contribution < 1.29 is 20.1 Å². The highest BCUT2D eigenvalue weighted by Gasteiger charge is 2.50. The first-order valence-electron chi connectivity index (χ1n) is 5.99. The third-order valence-electron chi connectivity index (χ3n) is 4.31. The molecule has 1 saturated carbocycles. The molecule has 0 spiro atoms. The number of nitrogens with zero attached hydrogens (tertiary/aromatic N) is 1. The summed E-state index contributed by atoms with van der Waals surface area (Å²) in [6, 6.07) is 1.48. The number of fused-ring (bicyclic) bond motifs is 2. The van der Waals surface area contributed by atoms with Crippen LogP contribution in [0, 0.1) is 17.8 Å². The third-order valence-corrected chi connectivity index (χ3v) is 4.31. The molecule has 1 aromatic heterocycles. The fourth-order valence-electron chi connectivity index (χ4n) is 3.43. The van der Waals surface area contributed by atoms with Crippen molar-refractivity contribution in [3.8, 4) is 11.8 Å². The van der Waals surface area contributed by atoms with Crippen molar-refractivity contribution in [3.63, 3.8) is 0 Å². The summed E-state index contributed by atoms with van der Waals surface area (Å²) in [5.74, 6) is -1.48. The van der Waals surface area contributed by atoms with E-state index in [1.807, 2.05) is 12.2 Å². The van der Waals surface area contributed by atoms with Crippen LogP contribution in [0.15, 0.2) is 18.2 Å². The number of carboxylic acid groups (broad SMARTS) is 1. The van der Waals surface area contributed by atoms with Crippen LogP contribution in [0.4, 0.5) is 0 Å². The van der Waals surface area contributed by atoms with Crippen molar-refractivity contribution >= 4 is 5.97 Å². The van der Waals surface area contributed by atoms with Crippen LogP contribution in [0.5, 0.6) is 11.8 Å². The van der Waals surface area contributed by atoms with Crippen molar-refractivity contribution in [2.75, 3.05) is 0 Å². The molecule has 18 heavy (non-hydrogen) atoms. The highest BCUT2D eigenvalue weighted by atomic mass is 16.4. The number of hydrogen-bond donors (Lipinski definition) is 3. The van der Waals surface area contributed by atoms with E-state index in [2.05, 4.69) is 0 Å². The predicted molar refractivity (Wildman–Crippen MR) is 63.3 cm³/mol. The van der Waals surface area contributed by atoms with Gasteiger partial charge in [0, 0.05) is 24.6 Å². The molecule has 4 atom stereocenters. The fourth-order valence-corrected chi connectivity index (χ4v) is 3.43.